The number of hydrogen-bond acceptors (Lipinski definition) is 1. The van der Waals surface area contributed by atoms with E-state index in [1.165, 1.54) is 0 Å². The fourth-order valence-electron chi connectivity index (χ4n) is 0.730. The molecule has 0 aliphatic carbocycles. The number of halogens is 4. The maximum atomic E-state index is 9.53. The summed E-state index contributed by atoms with van der Waals surface area (Å²) in [5.74, 6) is 0.193. The summed E-state index contributed by atoms with van der Waals surface area (Å²) in [6, 6.07) is 0. The minimum absolute atomic E-state index is 0.193. The first-order chi connectivity index (χ1) is 5.46. The van der Waals surface area contributed by atoms with Crippen molar-refractivity contribution in [1.82, 2.24) is 0 Å². The van der Waals surface area contributed by atoms with Gasteiger partial charge in [-0.25, -0.2) is 0 Å². The lowest BCUT2D eigenvalue weighted by molar-refractivity contribution is 0.466. The van der Waals surface area contributed by atoms with Gasteiger partial charge in [-0.2, -0.15) is 0 Å². The zero-order chi connectivity index (χ0) is 9.46. The molecular formula is C7H4Br3ClO. The topological polar surface area (TPSA) is 20.2 Å². The van der Waals surface area contributed by atoms with Crippen LogP contribution in [0.3, 0.4) is 0 Å². The molecule has 0 atom stereocenters. The highest BCUT2D eigenvalue weighted by molar-refractivity contribution is 9.13. The van der Waals surface area contributed by atoms with E-state index < -0.39 is 0 Å². The first-order valence-electron chi connectivity index (χ1n) is 2.98. The van der Waals surface area contributed by atoms with Crippen LogP contribution in [0.4, 0.5) is 0 Å². The fraction of sp³-hybridized carbons (Fsp3) is 0.143. The van der Waals surface area contributed by atoms with Crippen molar-refractivity contribution in [3.8, 4) is 5.75 Å². The maximum absolute atomic E-state index is 9.53. The van der Waals surface area contributed by atoms with Crippen molar-refractivity contribution in [3.63, 3.8) is 0 Å². The summed E-state index contributed by atoms with van der Waals surface area (Å²) >= 11 is 15.7. The van der Waals surface area contributed by atoms with Crippen LogP contribution in [-0.2, 0) is 0 Å². The molecule has 0 saturated heterocycles. The van der Waals surface area contributed by atoms with Crippen LogP contribution in [0.2, 0.25) is 5.02 Å². The van der Waals surface area contributed by atoms with Gasteiger partial charge >= 0.3 is 0 Å². The number of benzene rings is 1. The molecule has 0 aromatic heterocycles. The van der Waals surface area contributed by atoms with Gasteiger partial charge in [-0.1, -0.05) is 11.6 Å². The summed E-state index contributed by atoms with van der Waals surface area (Å²) in [6.07, 6.45) is 0. The molecule has 0 unspecified atom stereocenters. The average molecular weight is 379 g/mol. The van der Waals surface area contributed by atoms with Crippen molar-refractivity contribution in [2.75, 3.05) is 0 Å². The van der Waals surface area contributed by atoms with Gasteiger partial charge in [0.15, 0.2) is 0 Å². The third-order valence-corrected chi connectivity index (χ3v) is 5.39. The summed E-state index contributed by atoms with van der Waals surface area (Å²) < 4.78 is 1.93. The summed E-state index contributed by atoms with van der Waals surface area (Å²) in [5, 5.41) is 10.1. The Balaban J connectivity index is 3.60. The minimum atomic E-state index is 0.193. The highest BCUT2D eigenvalue weighted by Crippen LogP contribution is 2.44. The van der Waals surface area contributed by atoms with E-state index in [4.69, 9.17) is 11.6 Å². The number of rotatable bonds is 0. The van der Waals surface area contributed by atoms with Crippen LogP contribution in [0, 0.1) is 6.92 Å². The number of hydrogen-bond donors (Lipinski definition) is 1. The lowest BCUT2D eigenvalue weighted by Crippen LogP contribution is -1.83. The standard InChI is InChI=1S/C7H4Br3ClO/c1-2-3(8)6(11)4(9)5(10)7(2)12/h12H,1H3. The first kappa shape index (κ1) is 10.8. The highest BCUT2D eigenvalue weighted by atomic mass is 79.9. The molecule has 0 bridgehead atoms. The zero-order valence-electron chi connectivity index (χ0n) is 5.96. The Morgan fingerprint density at radius 2 is 1.58 bits per heavy atom. The monoisotopic (exact) mass is 376 g/mol. The Labute approximate surface area is 100 Å². The Kier molecular flexibility index (Phi) is 3.49. The predicted octanol–water partition coefficient (Wildman–Crippen LogP) is 4.64. The molecule has 1 aromatic carbocycles. The molecule has 1 nitrogen and oxygen atoms in total. The Bertz CT molecular complexity index is 233. The van der Waals surface area contributed by atoms with Gasteiger partial charge in [-0.15, -0.1) is 0 Å². The molecule has 0 heterocycles. The molecule has 5 heteroatoms. The molecule has 1 aromatic rings. The molecule has 0 fully saturated rings. The van der Waals surface area contributed by atoms with E-state index in [0.717, 1.165) is 5.56 Å². The lowest BCUT2D eigenvalue weighted by atomic mass is 10.2. The third kappa shape index (κ3) is 1.67. The number of phenols is 1. The average Bonchev–Trinajstić information content (AvgIpc) is 2.08. The van der Waals surface area contributed by atoms with Crippen molar-refractivity contribution in [2.45, 2.75) is 6.92 Å². The Hall–Kier alpha value is 0.750. The van der Waals surface area contributed by atoms with Crippen LogP contribution in [0.15, 0.2) is 13.4 Å². The quantitative estimate of drug-likeness (QED) is 0.514. The van der Waals surface area contributed by atoms with Crippen molar-refractivity contribution in [2.24, 2.45) is 0 Å². The Morgan fingerprint density at radius 3 is 2.08 bits per heavy atom. The van der Waals surface area contributed by atoms with Crippen molar-refractivity contribution in [3.05, 3.63) is 24.0 Å². The molecule has 0 aliphatic rings. The van der Waals surface area contributed by atoms with Crippen LogP contribution in [0.5, 0.6) is 5.75 Å². The van der Waals surface area contributed by atoms with Gasteiger partial charge in [-0.05, 0) is 54.7 Å². The second-order valence-electron chi connectivity index (χ2n) is 2.23. The smallest absolute Gasteiger partial charge is 0.135 e. The van der Waals surface area contributed by atoms with E-state index >= 15 is 0 Å². The van der Waals surface area contributed by atoms with Gasteiger partial charge in [0, 0.05) is 10.0 Å². The molecule has 12 heavy (non-hydrogen) atoms. The summed E-state index contributed by atoms with van der Waals surface area (Å²) in [4.78, 5) is 0. The SMILES string of the molecule is Cc1c(O)c(Br)c(Br)c(Cl)c1Br. The normalized spacial score (nSPS) is 10.4. The second kappa shape index (κ2) is 3.86. The van der Waals surface area contributed by atoms with Crippen molar-refractivity contribution in [1.29, 1.82) is 0 Å². The number of aromatic hydroxyl groups is 1. The molecule has 1 N–H and O–H groups in total. The van der Waals surface area contributed by atoms with Crippen LogP contribution in [0.1, 0.15) is 5.56 Å². The molecule has 0 saturated carbocycles. The van der Waals surface area contributed by atoms with E-state index in [0.29, 0.717) is 18.4 Å². The molecule has 0 amide bonds. The van der Waals surface area contributed by atoms with Gasteiger partial charge < -0.3 is 5.11 Å². The minimum Gasteiger partial charge on any atom is -0.506 e. The van der Waals surface area contributed by atoms with Crippen LogP contribution in [0.25, 0.3) is 0 Å². The molecule has 0 aliphatic heterocycles. The predicted molar refractivity (Wildman–Crippen MR) is 61.0 cm³/mol. The second-order valence-corrected chi connectivity index (χ2v) is 4.99. The highest BCUT2D eigenvalue weighted by Gasteiger charge is 2.15. The lowest BCUT2D eigenvalue weighted by Gasteiger charge is -2.08. The van der Waals surface area contributed by atoms with Crippen LogP contribution in [-0.4, -0.2) is 5.11 Å². The first-order valence-corrected chi connectivity index (χ1v) is 5.74. The van der Waals surface area contributed by atoms with E-state index in [-0.39, 0.29) is 5.75 Å². The van der Waals surface area contributed by atoms with Gasteiger partial charge in [0.2, 0.25) is 0 Å². The fourth-order valence-corrected chi connectivity index (χ4v) is 2.61. The molecule has 0 spiro atoms. The van der Waals surface area contributed by atoms with Gasteiger partial charge in [0.1, 0.15) is 5.75 Å². The van der Waals surface area contributed by atoms with Gasteiger partial charge in [0.05, 0.1) is 14.0 Å². The van der Waals surface area contributed by atoms with Crippen LogP contribution < -0.4 is 0 Å². The molecule has 0 radical (unpaired) electrons. The van der Waals surface area contributed by atoms with E-state index in [2.05, 4.69) is 47.8 Å². The maximum Gasteiger partial charge on any atom is 0.135 e. The van der Waals surface area contributed by atoms with Crippen molar-refractivity contribution < 1.29 is 5.11 Å². The zero-order valence-corrected chi connectivity index (χ0v) is 11.5. The largest absolute Gasteiger partial charge is 0.506 e. The molecular weight excluding hydrogens is 375 g/mol. The summed E-state index contributed by atoms with van der Waals surface area (Å²) in [5.41, 5.74) is 0.718. The van der Waals surface area contributed by atoms with Crippen LogP contribution >= 0.6 is 59.4 Å². The molecule has 1 rings (SSSR count). The molecule has 66 valence electrons. The Morgan fingerprint density at radius 1 is 1.08 bits per heavy atom. The number of phenolic OH excluding ortho intramolecular Hbond substituents is 1. The van der Waals surface area contributed by atoms with E-state index in [9.17, 15) is 5.11 Å². The van der Waals surface area contributed by atoms with E-state index in [1.54, 1.807) is 6.92 Å². The summed E-state index contributed by atoms with van der Waals surface area (Å²) in [6.45, 7) is 1.78. The van der Waals surface area contributed by atoms with Gasteiger partial charge in [0.25, 0.3) is 0 Å². The van der Waals surface area contributed by atoms with E-state index in [1.807, 2.05) is 0 Å². The summed E-state index contributed by atoms with van der Waals surface area (Å²) in [7, 11) is 0. The third-order valence-electron chi connectivity index (χ3n) is 1.47. The van der Waals surface area contributed by atoms with Gasteiger partial charge in [-0.3, -0.25) is 0 Å². The van der Waals surface area contributed by atoms with Crippen molar-refractivity contribution >= 4 is 59.4 Å².